The van der Waals surface area contributed by atoms with Gasteiger partial charge in [0.1, 0.15) is 5.88 Å². The van der Waals surface area contributed by atoms with Crippen LogP contribution >= 0.6 is 11.6 Å². The molecule has 1 saturated heterocycles. The molecule has 0 unspecified atom stereocenters. The van der Waals surface area contributed by atoms with E-state index in [9.17, 15) is 4.79 Å². The van der Waals surface area contributed by atoms with Crippen LogP contribution in [0.5, 0.6) is 0 Å². The van der Waals surface area contributed by atoms with Gasteiger partial charge in [0.2, 0.25) is 5.91 Å². The molecule has 5 rings (SSSR count). The number of rotatable bonds is 3. The van der Waals surface area contributed by atoms with Gasteiger partial charge >= 0.3 is 0 Å². The van der Waals surface area contributed by atoms with Gasteiger partial charge in [0.25, 0.3) is 0 Å². The Bertz CT molecular complexity index is 1060. The topological polar surface area (TPSA) is 74.6 Å². The number of carbonyl (C=O) groups excluding carboxylic acids is 1. The van der Waals surface area contributed by atoms with Crippen molar-refractivity contribution in [3.8, 4) is 0 Å². The maximum atomic E-state index is 12.8. The zero-order chi connectivity index (χ0) is 20.7. The molecule has 0 bridgehead atoms. The zero-order valence-electron chi connectivity index (χ0n) is 16.7. The molecule has 0 aliphatic carbocycles. The fourth-order valence-electron chi connectivity index (χ4n) is 4.73. The Hall–Kier alpha value is -2.54. The average Bonchev–Trinajstić information content (AvgIpc) is 3.16. The highest BCUT2D eigenvalue weighted by Gasteiger charge is 2.38. The third kappa shape index (κ3) is 3.25. The van der Waals surface area contributed by atoms with Crippen LogP contribution in [0.25, 0.3) is 10.9 Å². The second kappa shape index (κ2) is 7.95. The molecule has 6 nitrogen and oxygen atoms in total. The number of fused-ring (bicyclic) bond motifs is 3. The Morgan fingerprint density at radius 3 is 2.60 bits per heavy atom. The first-order valence-electron chi connectivity index (χ1n) is 10.3. The summed E-state index contributed by atoms with van der Waals surface area (Å²) in [5.74, 6) is -0.248. The monoisotopic (exact) mass is 424 g/mol. The van der Waals surface area contributed by atoms with Crippen molar-refractivity contribution in [1.82, 2.24) is 9.88 Å². The molecule has 0 saturated carbocycles. The number of aromatic nitrogens is 1. The van der Waals surface area contributed by atoms with E-state index in [2.05, 4.69) is 46.3 Å². The number of benzene rings is 2. The molecule has 156 valence electrons. The van der Waals surface area contributed by atoms with E-state index in [4.69, 9.17) is 22.1 Å². The second-order valence-corrected chi connectivity index (χ2v) is 8.13. The van der Waals surface area contributed by atoms with Gasteiger partial charge in [0.05, 0.1) is 25.4 Å². The first kappa shape index (κ1) is 19.4. The summed E-state index contributed by atoms with van der Waals surface area (Å²) < 4.78 is 5.46. The predicted molar refractivity (Wildman–Crippen MR) is 119 cm³/mol. The summed E-state index contributed by atoms with van der Waals surface area (Å²) in [7, 11) is 0. The van der Waals surface area contributed by atoms with Gasteiger partial charge in [0.15, 0.2) is 0 Å². The van der Waals surface area contributed by atoms with E-state index in [1.54, 1.807) is 4.90 Å². The van der Waals surface area contributed by atoms with Crippen molar-refractivity contribution in [1.29, 1.82) is 0 Å². The largest absolute Gasteiger partial charge is 0.378 e. The minimum absolute atomic E-state index is 0.0916. The molecular formula is C23H25ClN4O2. The molecule has 0 radical (unpaired) electrons. The molecule has 0 spiro atoms. The lowest BCUT2D eigenvalue weighted by atomic mass is 9.90. The Labute approximate surface area is 180 Å². The molecular weight excluding hydrogens is 400 g/mol. The first-order chi connectivity index (χ1) is 14.7. The highest BCUT2D eigenvalue weighted by Crippen LogP contribution is 2.40. The lowest BCUT2D eigenvalue weighted by molar-refractivity contribution is -0.133. The number of ether oxygens (including phenoxy) is 1. The minimum Gasteiger partial charge on any atom is -0.378 e. The second-order valence-electron chi connectivity index (χ2n) is 7.86. The standard InChI is InChI=1S/C23H25ClN4O2/c24-14-21(29)28-20(25)13-18-17-3-1-2-4-19(17)26-22(18)23(28)15-5-7-16(8-6-15)27-9-11-30-12-10-27/h1-8,20,23,26H,9-14,25H2/t20-,23+/m1/s1. The zero-order valence-corrected chi connectivity index (χ0v) is 17.4. The molecule has 1 fully saturated rings. The van der Waals surface area contributed by atoms with E-state index < -0.39 is 6.17 Å². The van der Waals surface area contributed by atoms with Crippen molar-refractivity contribution in [3.05, 3.63) is 65.4 Å². The van der Waals surface area contributed by atoms with Crippen LogP contribution in [0.15, 0.2) is 48.5 Å². The number of halogens is 1. The van der Waals surface area contributed by atoms with Crippen LogP contribution in [-0.4, -0.2) is 54.1 Å². The van der Waals surface area contributed by atoms with Gasteiger partial charge in [-0.3, -0.25) is 4.79 Å². The molecule has 2 aliphatic rings. The summed E-state index contributed by atoms with van der Waals surface area (Å²) in [6, 6.07) is 16.3. The molecule has 7 heteroatoms. The van der Waals surface area contributed by atoms with Crippen LogP contribution in [0.1, 0.15) is 22.9 Å². The van der Waals surface area contributed by atoms with Crippen molar-refractivity contribution in [2.24, 2.45) is 5.73 Å². The molecule has 1 aromatic heterocycles. The number of nitrogens with two attached hydrogens (primary N) is 1. The van der Waals surface area contributed by atoms with Crippen molar-refractivity contribution in [2.45, 2.75) is 18.6 Å². The van der Waals surface area contributed by atoms with E-state index in [1.807, 2.05) is 12.1 Å². The smallest absolute Gasteiger partial charge is 0.239 e. The molecule has 1 amide bonds. The van der Waals surface area contributed by atoms with Crippen LogP contribution in [0.3, 0.4) is 0 Å². The van der Waals surface area contributed by atoms with Crippen LogP contribution < -0.4 is 10.6 Å². The van der Waals surface area contributed by atoms with Crippen LogP contribution in [0.2, 0.25) is 0 Å². The predicted octanol–water partition coefficient (Wildman–Crippen LogP) is 3.00. The van der Waals surface area contributed by atoms with Crippen LogP contribution in [0.4, 0.5) is 5.69 Å². The third-order valence-corrected chi connectivity index (χ3v) is 6.38. The normalized spacial score (nSPS) is 21.7. The van der Waals surface area contributed by atoms with Gasteiger partial charge in [-0.1, -0.05) is 30.3 Å². The lowest BCUT2D eigenvalue weighted by Crippen LogP contribution is -2.52. The fourth-order valence-corrected chi connectivity index (χ4v) is 4.86. The summed E-state index contributed by atoms with van der Waals surface area (Å²) in [6.45, 7) is 3.26. The van der Waals surface area contributed by atoms with Gasteiger partial charge in [-0.25, -0.2) is 0 Å². The molecule has 3 heterocycles. The Balaban J connectivity index is 1.59. The summed E-state index contributed by atoms with van der Waals surface area (Å²) in [4.78, 5) is 20.4. The number of amides is 1. The number of para-hydroxylation sites is 1. The molecule has 3 N–H and O–H groups in total. The number of hydrogen-bond acceptors (Lipinski definition) is 4. The number of hydrogen-bond donors (Lipinski definition) is 2. The number of carbonyl (C=O) groups is 1. The summed E-state index contributed by atoms with van der Waals surface area (Å²) >= 11 is 5.96. The highest BCUT2D eigenvalue weighted by molar-refractivity contribution is 6.27. The Morgan fingerprint density at radius 1 is 1.13 bits per heavy atom. The number of nitrogens with one attached hydrogen (secondary N) is 1. The number of alkyl halides is 1. The fraction of sp³-hybridized carbons (Fsp3) is 0.348. The van der Waals surface area contributed by atoms with E-state index in [0.29, 0.717) is 6.42 Å². The highest BCUT2D eigenvalue weighted by atomic mass is 35.5. The summed E-state index contributed by atoms with van der Waals surface area (Å²) in [5, 5.41) is 1.16. The Kier molecular flexibility index (Phi) is 5.15. The number of anilines is 1. The van der Waals surface area contributed by atoms with Gasteiger partial charge in [-0.15, -0.1) is 11.6 Å². The number of aromatic amines is 1. The first-order valence-corrected chi connectivity index (χ1v) is 10.9. The maximum Gasteiger partial charge on any atom is 0.239 e. The average molecular weight is 425 g/mol. The van der Waals surface area contributed by atoms with Gasteiger partial charge in [-0.05, 0) is 29.3 Å². The van der Waals surface area contributed by atoms with Gasteiger partial charge in [-0.2, -0.15) is 0 Å². The number of morpholine rings is 1. The number of H-pyrrole nitrogens is 1. The van der Waals surface area contributed by atoms with Gasteiger partial charge < -0.3 is 25.3 Å². The van der Waals surface area contributed by atoms with E-state index in [0.717, 1.165) is 54.2 Å². The van der Waals surface area contributed by atoms with Crippen molar-refractivity contribution in [3.63, 3.8) is 0 Å². The van der Waals surface area contributed by atoms with Crippen LogP contribution in [0, 0.1) is 0 Å². The SMILES string of the molecule is N[C@H]1Cc2c([nH]c3ccccc23)[C@H](c2ccc(N3CCOCC3)cc2)N1C(=O)CCl. The Morgan fingerprint density at radius 2 is 1.87 bits per heavy atom. The van der Waals surface area contributed by atoms with E-state index >= 15 is 0 Å². The van der Waals surface area contributed by atoms with Crippen LogP contribution in [-0.2, 0) is 16.0 Å². The van der Waals surface area contributed by atoms with E-state index in [1.165, 1.54) is 5.56 Å². The molecule has 2 atom stereocenters. The quantitative estimate of drug-likeness (QED) is 0.634. The van der Waals surface area contributed by atoms with Crippen molar-refractivity contribution < 1.29 is 9.53 Å². The third-order valence-electron chi connectivity index (χ3n) is 6.16. The molecule has 3 aromatic rings. The van der Waals surface area contributed by atoms with Crippen molar-refractivity contribution >= 4 is 34.1 Å². The van der Waals surface area contributed by atoms with E-state index in [-0.39, 0.29) is 17.8 Å². The number of nitrogens with zero attached hydrogens (tertiary/aromatic N) is 2. The summed E-state index contributed by atoms with van der Waals surface area (Å²) in [6.07, 6.45) is 0.177. The molecule has 30 heavy (non-hydrogen) atoms. The summed E-state index contributed by atoms with van der Waals surface area (Å²) in [5.41, 5.74) is 12.0. The molecule has 2 aliphatic heterocycles. The van der Waals surface area contributed by atoms with Crippen molar-refractivity contribution in [2.75, 3.05) is 37.1 Å². The lowest BCUT2D eigenvalue weighted by Gasteiger charge is -2.40. The minimum atomic E-state index is -0.424. The van der Waals surface area contributed by atoms with Gasteiger partial charge in [0, 0.05) is 41.8 Å². The molecule has 2 aromatic carbocycles. The maximum absolute atomic E-state index is 12.8.